The highest BCUT2D eigenvalue weighted by Crippen LogP contribution is 2.19. The lowest BCUT2D eigenvalue weighted by atomic mass is 10.1. The van der Waals surface area contributed by atoms with Gasteiger partial charge in [-0.25, -0.2) is 0 Å². The normalized spacial score (nSPS) is 22.7. The summed E-state index contributed by atoms with van der Waals surface area (Å²) in [6.45, 7) is 5.51. The molecule has 1 saturated heterocycles. The predicted octanol–water partition coefficient (Wildman–Crippen LogP) is 2.62. The number of rotatable bonds is 9. The molecule has 2 N–H and O–H groups in total. The lowest BCUT2D eigenvalue weighted by Crippen LogP contribution is -2.46. The number of hydrogen-bond donors (Lipinski definition) is 2. The predicted molar refractivity (Wildman–Crippen MR) is 119 cm³/mol. The molecule has 0 aromatic heterocycles. The van der Waals surface area contributed by atoms with Gasteiger partial charge in [-0.05, 0) is 32.2 Å². The number of nitrogens with zero attached hydrogens (tertiary/aromatic N) is 2. The van der Waals surface area contributed by atoms with E-state index in [1.54, 1.807) is 7.11 Å². The van der Waals surface area contributed by atoms with E-state index in [0.717, 1.165) is 38.8 Å². The molecule has 1 saturated carbocycles. The first kappa shape index (κ1) is 23.9. The van der Waals surface area contributed by atoms with E-state index in [-0.39, 0.29) is 24.0 Å². The third-order valence-corrected chi connectivity index (χ3v) is 5.36. The zero-order valence-electron chi connectivity index (χ0n) is 16.7. The molecule has 1 aliphatic carbocycles. The highest BCUT2D eigenvalue weighted by atomic mass is 127. The first-order valence-corrected chi connectivity index (χ1v) is 10.1. The third kappa shape index (κ3) is 9.19. The standard InChI is InChI=1S/C19H38N4O2.HI/c1-20-19(21-11-14-25-18-9-5-3-4-6-10-18)22-16-17-8-7-12-23(17)13-15-24-2;/h17-18H,3-16H2,1-2H3,(H2,20,21,22);1H. The molecule has 1 aliphatic heterocycles. The monoisotopic (exact) mass is 482 g/mol. The van der Waals surface area contributed by atoms with Crippen molar-refractivity contribution in [3.63, 3.8) is 0 Å². The van der Waals surface area contributed by atoms with Gasteiger partial charge >= 0.3 is 0 Å². The molecule has 2 fully saturated rings. The Hall–Kier alpha value is -0.120. The number of hydrogen-bond acceptors (Lipinski definition) is 4. The van der Waals surface area contributed by atoms with Crippen molar-refractivity contribution < 1.29 is 9.47 Å². The van der Waals surface area contributed by atoms with Crippen LogP contribution in [0.15, 0.2) is 4.99 Å². The van der Waals surface area contributed by atoms with Crippen LogP contribution in [0.5, 0.6) is 0 Å². The largest absolute Gasteiger partial charge is 0.383 e. The molecule has 0 aromatic carbocycles. The van der Waals surface area contributed by atoms with Gasteiger partial charge in [0.05, 0.1) is 19.3 Å². The number of ether oxygens (including phenoxy) is 2. The van der Waals surface area contributed by atoms with Crippen LogP contribution in [0.2, 0.25) is 0 Å². The molecule has 0 amide bonds. The minimum atomic E-state index is 0. The van der Waals surface area contributed by atoms with Crippen molar-refractivity contribution in [3.8, 4) is 0 Å². The number of aliphatic imine (C=N–C) groups is 1. The van der Waals surface area contributed by atoms with Gasteiger partial charge in [-0.2, -0.15) is 0 Å². The summed E-state index contributed by atoms with van der Waals surface area (Å²) in [6.07, 6.45) is 10.8. The van der Waals surface area contributed by atoms with Gasteiger partial charge in [-0.1, -0.05) is 25.7 Å². The maximum atomic E-state index is 6.03. The zero-order valence-corrected chi connectivity index (χ0v) is 19.0. The number of nitrogens with one attached hydrogen (secondary N) is 2. The fraction of sp³-hybridized carbons (Fsp3) is 0.947. The Labute approximate surface area is 176 Å². The highest BCUT2D eigenvalue weighted by molar-refractivity contribution is 14.0. The van der Waals surface area contributed by atoms with Crippen molar-refractivity contribution in [2.45, 2.75) is 63.5 Å². The summed E-state index contributed by atoms with van der Waals surface area (Å²) in [5.74, 6) is 0.878. The molecule has 1 heterocycles. The first-order valence-electron chi connectivity index (χ1n) is 10.1. The van der Waals surface area contributed by atoms with Gasteiger partial charge in [0.2, 0.25) is 0 Å². The summed E-state index contributed by atoms with van der Waals surface area (Å²) in [6, 6.07) is 0.580. The van der Waals surface area contributed by atoms with Gasteiger partial charge in [0.1, 0.15) is 0 Å². The molecule has 7 heteroatoms. The van der Waals surface area contributed by atoms with E-state index in [9.17, 15) is 0 Å². The van der Waals surface area contributed by atoms with E-state index in [4.69, 9.17) is 9.47 Å². The van der Waals surface area contributed by atoms with Gasteiger partial charge < -0.3 is 20.1 Å². The highest BCUT2D eigenvalue weighted by Gasteiger charge is 2.23. The number of guanidine groups is 1. The quantitative estimate of drug-likeness (QED) is 0.174. The molecule has 26 heavy (non-hydrogen) atoms. The van der Waals surface area contributed by atoms with E-state index in [2.05, 4.69) is 20.5 Å². The van der Waals surface area contributed by atoms with Gasteiger partial charge in [0, 0.05) is 39.8 Å². The molecule has 2 rings (SSSR count). The van der Waals surface area contributed by atoms with E-state index in [0.29, 0.717) is 12.1 Å². The van der Waals surface area contributed by atoms with E-state index in [1.807, 2.05) is 7.05 Å². The van der Waals surface area contributed by atoms with Gasteiger partial charge in [0.15, 0.2) is 5.96 Å². The fourth-order valence-corrected chi connectivity index (χ4v) is 3.87. The average molecular weight is 482 g/mol. The van der Waals surface area contributed by atoms with Crippen molar-refractivity contribution in [2.75, 3.05) is 53.6 Å². The van der Waals surface area contributed by atoms with Crippen LogP contribution >= 0.6 is 24.0 Å². The second-order valence-corrected chi connectivity index (χ2v) is 7.19. The van der Waals surface area contributed by atoms with Crippen LogP contribution in [0.1, 0.15) is 51.4 Å². The van der Waals surface area contributed by atoms with Crippen molar-refractivity contribution in [1.82, 2.24) is 15.5 Å². The summed E-state index contributed by atoms with van der Waals surface area (Å²) in [7, 11) is 3.60. The van der Waals surface area contributed by atoms with Crippen LogP contribution in [0, 0.1) is 0 Å². The molecule has 1 atom stereocenters. The van der Waals surface area contributed by atoms with Crippen LogP contribution in [0.3, 0.4) is 0 Å². The third-order valence-electron chi connectivity index (χ3n) is 5.36. The molecule has 6 nitrogen and oxygen atoms in total. The molecule has 0 aromatic rings. The minimum absolute atomic E-state index is 0. The van der Waals surface area contributed by atoms with Crippen molar-refractivity contribution in [3.05, 3.63) is 0 Å². The maximum Gasteiger partial charge on any atom is 0.191 e. The molecule has 2 aliphatic rings. The summed E-state index contributed by atoms with van der Waals surface area (Å²) in [5, 5.41) is 6.84. The van der Waals surface area contributed by atoms with Crippen LogP contribution in [0.25, 0.3) is 0 Å². The smallest absolute Gasteiger partial charge is 0.191 e. The second kappa shape index (κ2) is 14.9. The molecule has 0 bridgehead atoms. The lowest BCUT2D eigenvalue weighted by Gasteiger charge is -2.25. The van der Waals surface area contributed by atoms with Crippen molar-refractivity contribution >= 4 is 29.9 Å². The van der Waals surface area contributed by atoms with Gasteiger partial charge in [0.25, 0.3) is 0 Å². The summed E-state index contributed by atoms with van der Waals surface area (Å²) < 4.78 is 11.2. The van der Waals surface area contributed by atoms with Crippen LogP contribution < -0.4 is 10.6 Å². The molecular weight excluding hydrogens is 443 g/mol. The van der Waals surface area contributed by atoms with Gasteiger partial charge in [-0.15, -0.1) is 24.0 Å². The number of likely N-dealkylation sites (tertiary alicyclic amines) is 1. The zero-order chi connectivity index (χ0) is 17.7. The Bertz CT molecular complexity index is 377. The molecule has 154 valence electrons. The Balaban J connectivity index is 0.00000338. The Morgan fingerprint density at radius 2 is 1.81 bits per heavy atom. The second-order valence-electron chi connectivity index (χ2n) is 7.19. The molecule has 0 spiro atoms. The van der Waals surface area contributed by atoms with E-state index >= 15 is 0 Å². The van der Waals surface area contributed by atoms with Crippen LogP contribution in [-0.4, -0.2) is 76.6 Å². The fourth-order valence-electron chi connectivity index (χ4n) is 3.87. The van der Waals surface area contributed by atoms with Gasteiger partial charge in [-0.3, -0.25) is 9.89 Å². The summed E-state index contributed by atoms with van der Waals surface area (Å²) in [4.78, 5) is 6.84. The van der Waals surface area contributed by atoms with Crippen molar-refractivity contribution in [2.24, 2.45) is 4.99 Å². The SMILES string of the molecule is CN=C(NCCOC1CCCCCC1)NCC1CCCN1CCOC.I. The maximum absolute atomic E-state index is 6.03. The van der Waals surface area contributed by atoms with Crippen molar-refractivity contribution in [1.29, 1.82) is 0 Å². The molecular formula is C19H39IN4O2. The first-order chi connectivity index (χ1) is 12.3. The van der Waals surface area contributed by atoms with Crippen LogP contribution in [0.4, 0.5) is 0 Å². The Morgan fingerprint density at radius 1 is 1.04 bits per heavy atom. The van der Waals surface area contributed by atoms with E-state index < -0.39 is 0 Å². The topological polar surface area (TPSA) is 58.1 Å². The minimum Gasteiger partial charge on any atom is -0.383 e. The molecule has 1 unspecified atom stereocenters. The Morgan fingerprint density at radius 3 is 2.50 bits per heavy atom. The lowest BCUT2D eigenvalue weighted by molar-refractivity contribution is 0.0468. The van der Waals surface area contributed by atoms with E-state index in [1.165, 1.54) is 57.9 Å². The number of halogens is 1. The average Bonchev–Trinajstić information content (AvgIpc) is 2.92. The van der Waals surface area contributed by atoms with Crippen LogP contribution in [-0.2, 0) is 9.47 Å². The summed E-state index contributed by atoms with van der Waals surface area (Å²) >= 11 is 0. The summed E-state index contributed by atoms with van der Waals surface area (Å²) in [5.41, 5.74) is 0. The molecule has 0 radical (unpaired) electrons. The number of methoxy groups -OCH3 is 1. The Kier molecular flexibility index (Phi) is 13.7.